The SMILES string of the molecule is COc1ccc(-c2[nH]ncc2C)cc1Br. The van der Waals surface area contributed by atoms with Gasteiger partial charge in [-0.15, -0.1) is 0 Å². The van der Waals surface area contributed by atoms with E-state index in [9.17, 15) is 0 Å². The van der Waals surface area contributed by atoms with Gasteiger partial charge in [-0.25, -0.2) is 0 Å². The first-order valence-corrected chi connectivity index (χ1v) is 5.35. The van der Waals surface area contributed by atoms with E-state index in [2.05, 4.69) is 26.1 Å². The Morgan fingerprint density at radius 2 is 2.20 bits per heavy atom. The lowest BCUT2D eigenvalue weighted by Crippen LogP contribution is -1.86. The van der Waals surface area contributed by atoms with E-state index in [1.165, 1.54) is 0 Å². The van der Waals surface area contributed by atoms with Crippen LogP contribution in [0.2, 0.25) is 0 Å². The number of rotatable bonds is 2. The number of ether oxygens (including phenoxy) is 1. The van der Waals surface area contributed by atoms with E-state index in [1.807, 2.05) is 31.3 Å². The molecular formula is C11H11BrN2O. The second-order valence-corrected chi connectivity index (χ2v) is 4.13. The van der Waals surface area contributed by atoms with Crippen LogP contribution in [0.25, 0.3) is 11.3 Å². The minimum absolute atomic E-state index is 0.830. The number of hydrogen-bond donors (Lipinski definition) is 1. The van der Waals surface area contributed by atoms with Crippen molar-refractivity contribution in [1.29, 1.82) is 0 Å². The van der Waals surface area contributed by atoms with Gasteiger partial charge >= 0.3 is 0 Å². The highest BCUT2D eigenvalue weighted by atomic mass is 79.9. The molecule has 0 unspecified atom stereocenters. The molecule has 0 aliphatic heterocycles. The molecule has 0 amide bonds. The number of H-pyrrole nitrogens is 1. The molecule has 0 aliphatic carbocycles. The Morgan fingerprint density at radius 1 is 1.40 bits per heavy atom. The summed E-state index contributed by atoms with van der Waals surface area (Å²) < 4.78 is 6.12. The average Bonchev–Trinajstić information content (AvgIpc) is 2.64. The lowest BCUT2D eigenvalue weighted by atomic mass is 10.1. The summed E-state index contributed by atoms with van der Waals surface area (Å²) in [6.45, 7) is 2.02. The van der Waals surface area contributed by atoms with E-state index in [0.717, 1.165) is 27.0 Å². The highest BCUT2D eigenvalue weighted by Gasteiger charge is 2.06. The zero-order valence-electron chi connectivity index (χ0n) is 8.54. The highest BCUT2D eigenvalue weighted by molar-refractivity contribution is 9.10. The predicted octanol–water partition coefficient (Wildman–Crippen LogP) is 3.16. The Balaban J connectivity index is 2.47. The summed E-state index contributed by atoms with van der Waals surface area (Å²) in [6, 6.07) is 5.95. The summed E-state index contributed by atoms with van der Waals surface area (Å²) >= 11 is 3.46. The Hall–Kier alpha value is -1.29. The monoisotopic (exact) mass is 266 g/mol. The van der Waals surface area contributed by atoms with Gasteiger partial charge in [0.15, 0.2) is 0 Å². The van der Waals surface area contributed by atoms with Gasteiger partial charge in [0, 0.05) is 5.56 Å². The van der Waals surface area contributed by atoms with Crippen LogP contribution < -0.4 is 4.74 Å². The van der Waals surface area contributed by atoms with Crippen molar-refractivity contribution < 1.29 is 4.74 Å². The number of nitrogens with one attached hydrogen (secondary N) is 1. The third-order valence-corrected chi connectivity index (χ3v) is 2.89. The van der Waals surface area contributed by atoms with Crippen LogP contribution in [0.15, 0.2) is 28.9 Å². The van der Waals surface area contributed by atoms with Crippen LogP contribution in [0.5, 0.6) is 5.75 Å². The average molecular weight is 267 g/mol. The van der Waals surface area contributed by atoms with E-state index in [-0.39, 0.29) is 0 Å². The van der Waals surface area contributed by atoms with E-state index in [4.69, 9.17) is 4.74 Å². The molecule has 1 N–H and O–H groups in total. The molecule has 0 fully saturated rings. The molecule has 1 heterocycles. The van der Waals surface area contributed by atoms with Crippen molar-refractivity contribution in [2.45, 2.75) is 6.92 Å². The molecule has 0 atom stereocenters. The molecule has 78 valence electrons. The molecule has 2 aromatic rings. The Kier molecular flexibility index (Phi) is 2.77. The first-order chi connectivity index (χ1) is 7.22. The quantitative estimate of drug-likeness (QED) is 0.907. The first-order valence-electron chi connectivity index (χ1n) is 4.56. The second kappa shape index (κ2) is 4.06. The molecule has 2 rings (SSSR count). The number of nitrogens with zero attached hydrogens (tertiary/aromatic N) is 1. The third kappa shape index (κ3) is 1.90. The van der Waals surface area contributed by atoms with Gasteiger partial charge in [0.05, 0.1) is 23.5 Å². The molecule has 1 aromatic heterocycles. The molecule has 4 heteroatoms. The number of aryl methyl sites for hydroxylation is 1. The van der Waals surface area contributed by atoms with Crippen LogP contribution in [0.1, 0.15) is 5.56 Å². The van der Waals surface area contributed by atoms with Gasteiger partial charge in [-0.3, -0.25) is 5.10 Å². The fourth-order valence-electron chi connectivity index (χ4n) is 1.46. The summed E-state index contributed by atoms with van der Waals surface area (Å²) in [5, 5.41) is 6.97. The van der Waals surface area contributed by atoms with Gasteiger partial charge < -0.3 is 4.74 Å². The fraction of sp³-hybridized carbons (Fsp3) is 0.182. The van der Waals surface area contributed by atoms with Crippen molar-refractivity contribution in [3.8, 4) is 17.0 Å². The normalized spacial score (nSPS) is 10.3. The second-order valence-electron chi connectivity index (χ2n) is 3.28. The molecule has 0 bridgehead atoms. The van der Waals surface area contributed by atoms with Crippen molar-refractivity contribution in [1.82, 2.24) is 10.2 Å². The number of aromatic amines is 1. The zero-order valence-corrected chi connectivity index (χ0v) is 10.1. The van der Waals surface area contributed by atoms with Crippen molar-refractivity contribution in [3.63, 3.8) is 0 Å². The van der Waals surface area contributed by atoms with Crippen LogP contribution in [0.4, 0.5) is 0 Å². The Morgan fingerprint density at radius 3 is 2.73 bits per heavy atom. The van der Waals surface area contributed by atoms with E-state index in [1.54, 1.807) is 7.11 Å². The molecule has 15 heavy (non-hydrogen) atoms. The number of aromatic nitrogens is 2. The Bertz CT molecular complexity index is 479. The van der Waals surface area contributed by atoms with Crippen LogP contribution >= 0.6 is 15.9 Å². The molecule has 0 radical (unpaired) electrons. The van der Waals surface area contributed by atoms with Crippen LogP contribution in [-0.4, -0.2) is 17.3 Å². The lowest BCUT2D eigenvalue weighted by Gasteiger charge is -2.05. The van der Waals surface area contributed by atoms with Crippen LogP contribution in [0.3, 0.4) is 0 Å². The summed E-state index contributed by atoms with van der Waals surface area (Å²) in [5.74, 6) is 0.830. The number of hydrogen-bond acceptors (Lipinski definition) is 2. The Labute approximate surface area is 96.6 Å². The zero-order chi connectivity index (χ0) is 10.8. The van der Waals surface area contributed by atoms with Gasteiger partial charge in [0.1, 0.15) is 5.75 Å². The summed E-state index contributed by atoms with van der Waals surface area (Å²) in [4.78, 5) is 0. The molecule has 0 saturated carbocycles. The molecule has 0 spiro atoms. The maximum absolute atomic E-state index is 5.17. The summed E-state index contributed by atoms with van der Waals surface area (Å²) in [5.41, 5.74) is 3.27. The van der Waals surface area contributed by atoms with Crippen molar-refractivity contribution in [2.75, 3.05) is 7.11 Å². The number of halogens is 1. The largest absolute Gasteiger partial charge is 0.496 e. The van der Waals surface area contributed by atoms with Crippen LogP contribution in [-0.2, 0) is 0 Å². The summed E-state index contributed by atoms with van der Waals surface area (Å²) in [6.07, 6.45) is 1.81. The van der Waals surface area contributed by atoms with Crippen molar-refractivity contribution in [3.05, 3.63) is 34.4 Å². The molecule has 3 nitrogen and oxygen atoms in total. The van der Waals surface area contributed by atoms with E-state index < -0.39 is 0 Å². The lowest BCUT2D eigenvalue weighted by molar-refractivity contribution is 0.412. The highest BCUT2D eigenvalue weighted by Crippen LogP contribution is 2.30. The van der Waals surface area contributed by atoms with Gasteiger partial charge in [-0.05, 0) is 46.6 Å². The minimum atomic E-state index is 0.830. The van der Waals surface area contributed by atoms with Gasteiger partial charge in [-0.1, -0.05) is 0 Å². The van der Waals surface area contributed by atoms with Gasteiger partial charge in [-0.2, -0.15) is 5.10 Å². The van der Waals surface area contributed by atoms with Gasteiger partial charge in [0.25, 0.3) is 0 Å². The van der Waals surface area contributed by atoms with Crippen molar-refractivity contribution in [2.24, 2.45) is 0 Å². The maximum atomic E-state index is 5.17. The maximum Gasteiger partial charge on any atom is 0.133 e. The molecule has 0 saturated heterocycles. The van der Waals surface area contributed by atoms with Crippen LogP contribution in [0, 0.1) is 6.92 Å². The summed E-state index contributed by atoms with van der Waals surface area (Å²) in [7, 11) is 1.65. The fourth-order valence-corrected chi connectivity index (χ4v) is 2.00. The third-order valence-electron chi connectivity index (χ3n) is 2.27. The van der Waals surface area contributed by atoms with E-state index in [0.29, 0.717) is 0 Å². The van der Waals surface area contributed by atoms with E-state index >= 15 is 0 Å². The topological polar surface area (TPSA) is 37.9 Å². The standard InChI is InChI=1S/C11H11BrN2O/c1-7-6-13-14-11(7)8-3-4-10(15-2)9(12)5-8/h3-6H,1-2H3,(H,13,14). The molecule has 0 aliphatic rings. The number of benzene rings is 1. The van der Waals surface area contributed by atoms with Crippen molar-refractivity contribution >= 4 is 15.9 Å². The van der Waals surface area contributed by atoms with Gasteiger partial charge in [0.2, 0.25) is 0 Å². The first kappa shape index (κ1) is 10.2. The minimum Gasteiger partial charge on any atom is -0.496 e. The predicted molar refractivity (Wildman–Crippen MR) is 63.0 cm³/mol. The molecule has 1 aromatic carbocycles. The number of methoxy groups -OCH3 is 1. The molecular weight excluding hydrogens is 256 g/mol. The smallest absolute Gasteiger partial charge is 0.133 e.